The van der Waals surface area contributed by atoms with Crippen molar-refractivity contribution < 1.29 is 9.53 Å². The molecule has 0 spiro atoms. The van der Waals surface area contributed by atoms with Gasteiger partial charge in [-0.05, 0) is 30.4 Å². The largest absolute Gasteiger partial charge is 0.496 e. The van der Waals surface area contributed by atoms with E-state index in [0.717, 1.165) is 30.7 Å². The molecule has 1 aromatic carbocycles. The number of ether oxygens (including phenoxy) is 1. The molecule has 1 fully saturated rings. The van der Waals surface area contributed by atoms with Crippen LogP contribution in [0.1, 0.15) is 23.3 Å². The van der Waals surface area contributed by atoms with Gasteiger partial charge in [0.25, 0.3) is 0 Å². The Morgan fingerprint density at radius 3 is 2.78 bits per heavy atom. The van der Waals surface area contributed by atoms with Gasteiger partial charge in [0.05, 0.1) is 13.7 Å². The van der Waals surface area contributed by atoms with Crippen LogP contribution in [0.25, 0.3) is 0 Å². The van der Waals surface area contributed by atoms with Crippen LogP contribution in [0.2, 0.25) is 0 Å². The summed E-state index contributed by atoms with van der Waals surface area (Å²) >= 11 is 1.72. The minimum atomic E-state index is 0.110. The second kappa shape index (κ2) is 7.62. The molecule has 4 nitrogen and oxygen atoms in total. The SMILES string of the molecule is COc1ccccc1CN(CC(=O)NC1CC1)Cc1cccs1. The maximum Gasteiger partial charge on any atom is 0.234 e. The van der Waals surface area contributed by atoms with Crippen LogP contribution >= 0.6 is 11.3 Å². The number of rotatable bonds is 8. The van der Waals surface area contributed by atoms with Crippen molar-refractivity contribution in [3.63, 3.8) is 0 Å². The van der Waals surface area contributed by atoms with Crippen molar-refractivity contribution in [1.82, 2.24) is 10.2 Å². The van der Waals surface area contributed by atoms with Crippen LogP contribution in [0.3, 0.4) is 0 Å². The highest BCUT2D eigenvalue weighted by Crippen LogP contribution is 2.22. The molecule has 1 aliphatic carbocycles. The van der Waals surface area contributed by atoms with Gasteiger partial charge in [0, 0.05) is 29.6 Å². The first-order valence-corrected chi connectivity index (χ1v) is 8.78. The van der Waals surface area contributed by atoms with Crippen molar-refractivity contribution in [3.05, 3.63) is 52.2 Å². The number of hydrogen-bond donors (Lipinski definition) is 1. The highest BCUT2D eigenvalue weighted by molar-refractivity contribution is 7.09. The smallest absolute Gasteiger partial charge is 0.234 e. The Balaban J connectivity index is 1.69. The van der Waals surface area contributed by atoms with E-state index in [1.54, 1.807) is 18.4 Å². The summed E-state index contributed by atoms with van der Waals surface area (Å²) in [5.74, 6) is 0.977. The van der Waals surface area contributed by atoms with E-state index in [1.807, 2.05) is 24.3 Å². The van der Waals surface area contributed by atoms with Crippen LogP contribution in [0.15, 0.2) is 41.8 Å². The van der Waals surface area contributed by atoms with Gasteiger partial charge in [-0.3, -0.25) is 9.69 Å². The number of nitrogens with zero attached hydrogens (tertiary/aromatic N) is 1. The molecule has 0 radical (unpaired) electrons. The Kier molecular flexibility index (Phi) is 5.31. The molecule has 0 atom stereocenters. The first kappa shape index (κ1) is 16.0. The van der Waals surface area contributed by atoms with E-state index in [1.165, 1.54) is 4.88 Å². The summed E-state index contributed by atoms with van der Waals surface area (Å²) in [6.07, 6.45) is 2.23. The van der Waals surface area contributed by atoms with E-state index >= 15 is 0 Å². The van der Waals surface area contributed by atoms with Gasteiger partial charge in [-0.2, -0.15) is 0 Å². The molecule has 1 amide bonds. The monoisotopic (exact) mass is 330 g/mol. The van der Waals surface area contributed by atoms with Crippen molar-refractivity contribution >= 4 is 17.2 Å². The molecular formula is C18H22N2O2S. The molecule has 3 rings (SSSR count). The lowest BCUT2D eigenvalue weighted by Gasteiger charge is -2.22. The third kappa shape index (κ3) is 4.81. The molecule has 1 saturated carbocycles. The Bertz CT molecular complexity index is 638. The molecule has 122 valence electrons. The molecule has 0 unspecified atom stereocenters. The van der Waals surface area contributed by atoms with Gasteiger partial charge in [0.2, 0.25) is 5.91 Å². The molecule has 1 N–H and O–H groups in total. The first-order chi connectivity index (χ1) is 11.2. The molecule has 2 aromatic rings. The maximum absolute atomic E-state index is 12.2. The zero-order chi connectivity index (χ0) is 16.1. The third-order valence-corrected chi connectivity index (χ3v) is 4.72. The third-order valence-electron chi connectivity index (χ3n) is 3.86. The fourth-order valence-electron chi connectivity index (χ4n) is 2.57. The molecule has 1 aromatic heterocycles. The maximum atomic E-state index is 12.2. The van der Waals surface area contributed by atoms with E-state index < -0.39 is 0 Å². The summed E-state index contributed by atoms with van der Waals surface area (Å²) in [6, 6.07) is 12.5. The minimum Gasteiger partial charge on any atom is -0.496 e. The second-order valence-electron chi connectivity index (χ2n) is 5.88. The lowest BCUT2D eigenvalue weighted by atomic mass is 10.2. The number of carbonyl (C=O) groups excluding carboxylic acids is 1. The van der Waals surface area contributed by atoms with Crippen molar-refractivity contribution in [2.24, 2.45) is 0 Å². The molecule has 1 heterocycles. The quantitative estimate of drug-likeness (QED) is 0.809. The fourth-order valence-corrected chi connectivity index (χ4v) is 3.32. The van der Waals surface area contributed by atoms with Crippen molar-refractivity contribution in [1.29, 1.82) is 0 Å². The van der Waals surface area contributed by atoms with Gasteiger partial charge in [0.1, 0.15) is 5.75 Å². The van der Waals surface area contributed by atoms with Gasteiger partial charge in [-0.1, -0.05) is 24.3 Å². The van der Waals surface area contributed by atoms with Gasteiger partial charge >= 0.3 is 0 Å². The second-order valence-corrected chi connectivity index (χ2v) is 6.91. The highest BCUT2D eigenvalue weighted by atomic mass is 32.1. The summed E-state index contributed by atoms with van der Waals surface area (Å²) < 4.78 is 5.44. The lowest BCUT2D eigenvalue weighted by molar-refractivity contribution is -0.122. The average molecular weight is 330 g/mol. The fraction of sp³-hybridized carbons (Fsp3) is 0.389. The predicted octanol–water partition coefficient (Wildman–Crippen LogP) is 3.04. The molecule has 0 saturated heterocycles. The van der Waals surface area contributed by atoms with E-state index in [0.29, 0.717) is 19.1 Å². The average Bonchev–Trinajstić information content (AvgIpc) is 3.20. The lowest BCUT2D eigenvalue weighted by Crippen LogP contribution is -2.37. The number of hydrogen-bond acceptors (Lipinski definition) is 4. The van der Waals surface area contributed by atoms with E-state index in [2.05, 4.69) is 27.7 Å². The normalized spacial score (nSPS) is 14.0. The zero-order valence-electron chi connectivity index (χ0n) is 13.3. The van der Waals surface area contributed by atoms with Gasteiger partial charge in [-0.25, -0.2) is 0 Å². The number of amides is 1. The number of benzene rings is 1. The Hall–Kier alpha value is -1.85. The molecular weight excluding hydrogens is 308 g/mol. The van der Waals surface area contributed by atoms with Gasteiger partial charge < -0.3 is 10.1 Å². The Morgan fingerprint density at radius 2 is 2.09 bits per heavy atom. The number of thiophene rings is 1. The van der Waals surface area contributed by atoms with Crippen LogP contribution in [-0.4, -0.2) is 30.5 Å². The van der Waals surface area contributed by atoms with Crippen LogP contribution in [-0.2, 0) is 17.9 Å². The summed E-state index contributed by atoms with van der Waals surface area (Å²) in [6.45, 7) is 1.88. The molecule has 0 aliphatic heterocycles. The molecule has 0 bridgehead atoms. The molecule has 23 heavy (non-hydrogen) atoms. The van der Waals surface area contributed by atoms with Crippen LogP contribution in [0.5, 0.6) is 5.75 Å². The van der Waals surface area contributed by atoms with Gasteiger partial charge in [-0.15, -0.1) is 11.3 Å². The van der Waals surface area contributed by atoms with Crippen LogP contribution < -0.4 is 10.1 Å². The number of nitrogens with one attached hydrogen (secondary N) is 1. The number of methoxy groups -OCH3 is 1. The standard InChI is InChI=1S/C18H22N2O2S/c1-22-17-7-3-2-5-14(17)11-20(12-16-6-4-10-23-16)13-18(21)19-15-8-9-15/h2-7,10,15H,8-9,11-13H2,1H3,(H,19,21). The summed E-state index contributed by atoms with van der Waals surface area (Å²) in [7, 11) is 1.68. The van der Waals surface area contributed by atoms with E-state index in [9.17, 15) is 4.79 Å². The van der Waals surface area contributed by atoms with E-state index in [-0.39, 0.29) is 5.91 Å². The first-order valence-electron chi connectivity index (χ1n) is 7.90. The topological polar surface area (TPSA) is 41.6 Å². The highest BCUT2D eigenvalue weighted by Gasteiger charge is 2.24. The van der Waals surface area contributed by atoms with Crippen molar-refractivity contribution in [3.8, 4) is 5.75 Å². The molecule has 1 aliphatic rings. The predicted molar refractivity (Wildman–Crippen MR) is 92.6 cm³/mol. The Labute approximate surface area is 141 Å². The minimum absolute atomic E-state index is 0.110. The zero-order valence-corrected chi connectivity index (χ0v) is 14.1. The van der Waals surface area contributed by atoms with Crippen molar-refractivity contribution in [2.45, 2.75) is 32.0 Å². The summed E-state index contributed by atoms with van der Waals surface area (Å²) in [5, 5.41) is 5.14. The summed E-state index contributed by atoms with van der Waals surface area (Å²) in [4.78, 5) is 15.6. The van der Waals surface area contributed by atoms with Crippen LogP contribution in [0.4, 0.5) is 0 Å². The Morgan fingerprint density at radius 1 is 1.26 bits per heavy atom. The van der Waals surface area contributed by atoms with Gasteiger partial charge in [0.15, 0.2) is 0 Å². The summed E-state index contributed by atoms with van der Waals surface area (Å²) in [5.41, 5.74) is 1.10. The number of para-hydroxylation sites is 1. The number of carbonyl (C=O) groups is 1. The molecule has 5 heteroatoms. The van der Waals surface area contributed by atoms with Crippen LogP contribution in [0, 0.1) is 0 Å². The van der Waals surface area contributed by atoms with Crippen molar-refractivity contribution in [2.75, 3.05) is 13.7 Å². The van der Waals surface area contributed by atoms with E-state index in [4.69, 9.17) is 4.74 Å².